The van der Waals surface area contributed by atoms with Crippen LogP contribution in [0.15, 0.2) is 12.4 Å². The van der Waals surface area contributed by atoms with Gasteiger partial charge in [0, 0.05) is 31.0 Å². The predicted octanol–water partition coefficient (Wildman–Crippen LogP) is 0.0271. The number of rotatable bonds is 7. The Labute approximate surface area is 101 Å². The lowest BCUT2D eigenvalue weighted by Gasteiger charge is -2.20. The first-order valence-electron chi connectivity index (χ1n) is 5.71. The van der Waals surface area contributed by atoms with Gasteiger partial charge < -0.3 is 16.4 Å². The lowest BCUT2D eigenvalue weighted by Crippen LogP contribution is -2.35. The van der Waals surface area contributed by atoms with E-state index in [1.807, 2.05) is 0 Å². The van der Waals surface area contributed by atoms with Crippen LogP contribution in [0.5, 0.6) is 0 Å². The topological polar surface area (TPSA) is 98.1 Å². The zero-order chi connectivity index (χ0) is 12.7. The Balaban J connectivity index is 2.75. The van der Waals surface area contributed by atoms with E-state index in [-0.39, 0.29) is 12.5 Å². The summed E-state index contributed by atoms with van der Waals surface area (Å²) in [6.45, 7) is 3.36. The van der Waals surface area contributed by atoms with E-state index < -0.39 is 0 Å². The summed E-state index contributed by atoms with van der Waals surface area (Å²) in [6, 6.07) is 0. The van der Waals surface area contributed by atoms with Gasteiger partial charge in [-0.25, -0.2) is 9.97 Å². The summed E-state index contributed by atoms with van der Waals surface area (Å²) in [6.07, 6.45) is 5.34. The maximum Gasteiger partial charge on any atom is 0.237 e. The van der Waals surface area contributed by atoms with Crippen molar-refractivity contribution in [3.63, 3.8) is 0 Å². The molecule has 1 aromatic heterocycles. The number of aromatic nitrogens is 2. The number of hydrogen-bond donors (Lipinski definition) is 2. The minimum atomic E-state index is -0.382. The van der Waals surface area contributed by atoms with Gasteiger partial charge in [-0.1, -0.05) is 13.3 Å². The lowest BCUT2D eigenvalue weighted by molar-refractivity contribution is -0.116. The van der Waals surface area contributed by atoms with E-state index in [4.69, 9.17) is 11.5 Å². The molecule has 0 saturated carbocycles. The first-order valence-corrected chi connectivity index (χ1v) is 5.71. The van der Waals surface area contributed by atoms with E-state index in [2.05, 4.69) is 16.9 Å². The lowest BCUT2D eigenvalue weighted by atomic mass is 10.3. The van der Waals surface area contributed by atoms with Crippen molar-refractivity contribution in [1.82, 2.24) is 9.97 Å². The van der Waals surface area contributed by atoms with E-state index in [9.17, 15) is 4.79 Å². The van der Waals surface area contributed by atoms with Crippen LogP contribution >= 0.6 is 0 Å². The normalized spacial score (nSPS) is 10.2. The van der Waals surface area contributed by atoms with Gasteiger partial charge in [-0.05, 0) is 6.42 Å². The highest BCUT2D eigenvalue weighted by molar-refractivity contribution is 5.78. The van der Waals surface area contributed by atoms with E-state index >= 15 is 0 Å². The van der Waals surface area contributed by atoms with Crippen molar-refractivity contribution in [1.29, 1.82) is 0 Å². The number of nitrogens with two attached hydrogens (primary N) is 2. The zero-order valence-corrected chi connectivity index (χ0v) is 10.1. The van der Waals surface area contributed by atoms with Crippen LogP contribution in [0.25, 0.3) is 0 Å². The van der Waals surface area contributed by atoms with Crippen LogP contribution in [0.1, 0.15) is 25.3 Å². The van der Waals surface area contributed by atoms with E-state index in [1.165, 1.54) is 0 Å². The molecule has 0 fully saturated rings. The quantitative estimate of drug-likeness (QED) is 0.697. The summed E-state index contributed by atoms with van der Waals surface area (Å²) in [5, 5.41) is 0. The molecule has 0 bridgehead atoms. The number of carbonyl (C=O) groups excluding carboxylic acids is 1. The molecule has 0 aromatic carbocycles. The van der Waals surface area contributed by atoms with Crippen LogP contribution in [0.3, 0.4) is 0 Å². The molecule has 0 saturated heterocycles. The Bertz CT molecular complexity index is 351. The van der Waals surface area contributed by atoms with Gasteiger partial charge in [0.05, 0.1) is 6.54 Å². The van der Waals surface area contributed by atoms with E-state index in [0.717, 1.165) is 24.9 Å². The van der Waals surface area contributed by atoms with Crippen LogP contribution in [-0.2, 0) is 11.3 Å². The summed E-state index contributed by atoms with van der Waals surface area (Å²) in [7, 11) is 0. The molecule has 1 amide bonds. The first-order chi connectivity index (χ1) is 8.17. The summed E-state index contributed by atoms with van der Waals surface area (Å²) < 4.78 is 0. The summed E-state index contributed by atoms with van der Waals surface area (Å²) in [5.74, 6) is 0.141. The maximum atomic E-state index is 11.0. The monoisotopic (exact) mass is 237 g/mol. The average molecular weight is 237 g/mol. The van der Waals surface area contributed by atoms with Crippen molar-refractivity contribution in [2.75, 3.05) is 18.0 Å². The Morgan fingerprint density at radius 3 is 2.53 bits per heavy atom. The third-order valence-electron chi connectivity index (χ3n) is 2.34. The van der Waals surface area contributed by atoms with Crippen LogP contribution < -0.4 is 16.4 Å². The third kappa shape index (κ3) is 4.36. The molecule has 6 heteroatoms. The van der Waals surface area contributed by atoms with Gasteiger partial charge >= 0.3 is 0 Å². The summed E-state index contributed by atoms with van der Waals surface area (Å²) in [5.41, 5.74) is 11.5. The minimum Gasteiger partial charge on any atom is -0.368 e. The molecule has 4 N–H and O–H groups in total. The van der Waals surface area contributed by atoms with Crippen molar-refractivity contribution in [2.24, 2.45) is 11.5 Å². The van der Waals surface area contributed by atoms with Crippen molar-refractivity contribution in [3.8, 4) is 0 Å². The fourth-order valence-corrected chi connectivity index (χ4v) is 1.40. The van der Waals surface area contributed by atoms with Crippen LogP contribution in [0.2, 0.25) is 0 Å². The molecule has 0 aliphatic heterocycles. The van der Waals surface area contributed by atoms with Crippen LogP contribution in [0, 0.1) is 0 Å². The second-order valence-electron chi connectivity index (χ2n) is 3.84. The second kappa shape index (κ2) is 6.80. The Hall–Kier alpha value is -1.69. The standard InChI is InChI=1S/C11H19N5O/c1-2-3-4-16(8-10(13)17)11-14-6-9(5-12)7-15-11/h6-7H,2-5,8,12H2,1H3,(H2,13,17). The highest BCUT2D eigenvalue weighted by Crippen LogP contribution is 2.08. The van der Waals surface area contributed by atoms with E-state index in [0.29, 0.717) is 12.5 Å². The van der Waals surface area contributed by atoms with E-state index in [1.54, 1.807) is 17.3 Å². The number of hydrogen-bond acceptors (Lipinski definition) is 5. The van der Waals surface area contributed by atoms with Crippen LogP contribution in [-0.4, -0.2) is 29.0 Å². The predicted molar refractivity (Wildman–Crippen MR) is 66.2 cm³/mol. The molecule has 0 unspecified atom stereocenters. The van der Waals surface area contributed by atoms with Gasteiger partial charge in [0.15, 0.2) is 0 Å². The smallest absolute Gasteiger partial charge is 0.237 e. The summed E-state index contributed by atoms with van der Waals surface area (Å²) in [4.78, 5) is 21.1. The molecule has 0 atom stereocenters. The van der Waals surface area contributed by atoms with Crippen molar-refractivity contribution >= 4 is 11.9 Å². The fourth-order valence-electron chi connectivity index (χ4n) is 1.40. The van der Waals surface area contributed by atoms with Gasteiger partial charge in [0.2, 0.25) is 11.9 Å². The molecule has 0 aliphatic carbocycles. The maximum absolute atomic E-state index is 11.0. The molecular weight excluding hydrogens is 218 g/mol. The number of nitrogens with zero attached hydrogens (tertiary/aromatic N) is 3. The molecule has 94 valence electrons. The molecular formula is C11H19N5O. The van der Waals surface area contributed by atoms with Crippen molar-refractivity contribution in [3.05, 3.63) is 18.0 Å². The highest BCUT2D eigenvalue weighted by atomic mass is 16.1. The zero-order valence-electron chi connectivity index (χ0n) is 10.1. The molecule has 0 radical (unpaired) electrons. The van der Waals surface area contributed by atoms with Gasteiger partial charge in [0.1, 0.15) is 0 Å². The third-order valence-corrected chi connectivity index (χ3v) is 2.34. The minimum absolute atomic E-state index is 0.141. The molecule has 0 aliphatic rings. The largest absolute Gasteiger partial charge is 0.368 e. The molecule has 1 heterocycles. The highest BCUT2D eigenvalue weighted by Gasteiger charge is 2.11. The SMILES string of the molecule is CCCCN(CC(N)=O)c1ncc(CN)cn1. The van der Waals surface area contributed by atoms with Gasteiger partial charge in [-0.3, -0.25) is 4.79 Å². The second-order valence-corrected chi connectivity index (χ2v) is 3.84. The van der Waals surface area contributed by atoms with Gasteiger partial charge in [-0.2, -0.15) is 0 Å². The molecule has 0 spiro atoms. The average Bonchev–Trinajstić information content (AvgIpc) is 2.34. The number of anilines is 1. The molecule has 6 nitrogen and oxygen atoms in total. The number of primary amides is 1. The molecule has 1 aromatic rings. The van der Waals surface area contributed by atoms with Crippen molar-refractivity contribution in [2.45, 2.75) is 26.3 Å². The Morgan fingerprint density at radius 2 is 2.06 bits per heavy atom. The van der Waals surface area contributed by atoms with Gasteiger partial charge in [-0.15, -0.1) is 0 Å². The van der Waals surface area contributed by atoms with Crippen molar-refractivity contribution < 1.29 is 4.79 Å². The molecule has 1 rings (SSSR count). The molecule has 17 heavy (non-hydrogen) atoms. The first kappa shape index (κ1) is 13.4. The summed E-state index contributed by atoms with van der Waals surface area (Å²) >= 11 is 0. The van der Waals surface area contributed by atoms with Gasteiger partial charge in [0.25, 0.3) is 0 Å². The fraction of sp³-hybridized carbons (Fsp3) is 0.545. The Kier molecular flexibility index (Phi) is 5.35. The number of amides is 1. The Morgan fingerprint density at radius 1 is 1.41 bits per heavy atom. The van der Waals surface area contributed by atoms with Crippen LogP contribution in [0.4, 0.5) is 5.95 Å². The number of carbonyl (C=O) groups is 1. The number of unbranched alkanes of at least 4 members (excludes halogenated alkanes) is 1.